The van der Waals surface area contributed by atoms with E-state index in [1.54, 1.807) is 12.1 Å². The maximum absolute atomic E-state index is 10.9. The molecule has 0 radical (unpaired) electrons. The molecular formula is C20H28NaO4P. The standard InChI is InChI=1S/C20H27O4P.Na.H/c1-3-5-7-16-9-14-20(18(15-16)8-6-4-2)17-10-12-19(13-11-17)24-25(21,22)23;;/h9-15H,3-8H2,1-2H3,(H2,21,22,23);;. The number of hydrogen-bond acceptors (Lipinski definition) is 2. The van der Waals surface area contributed by atoms with Crippen molar-refractivity contribution < 1.29 is 18.9 Å². The van der Waals surface area contributed by atoms with Gasteiger partial charge in [0.15, 0.2) is 0 Å². The Morgan fingerprint density at radius 3 is 2.12 bits per heavy atom. The van der Waals surface area contributed by atoms with E-state index in [1.165, 1.54) is 29.5 Å². The second-order valence-electron chi connectivity index (χ2n) is 6.30. The number of aryl methyl sites for hydroxylation is 2. The van der Waals surface area contributed by atoms with Gasteiger partial charge in [-0.15, -0.1) is 0 Å². The summed E-state index contributed by atoms with van der Waals surface area (Å²) in [6.07, 6.45) is 6.81. The zero-order valence-electron chi connectivity index (χ0n) is 14.9. The number of unbranched alkanes of at least 4 members (excludes halogenated alkanes) is 2. The number of hydrogen-bond donors (Lipinski definition) is 2. The second-order valence-corrected chi connectivity index (χ2v) is 7.47. The van der Waals surface area contributed by atoms with Gasteiger partial charge in [-0.25, -0.2) is 4.57 Å². The molecule has 2 rings (SSSR count). The van der Waals surface area contributed by atoms with E-state index in [4.69, 9.17) is 9.79 Å². The van der Waals surface area contributed by atoms with Crippen LogP contribution in [0.3, 0.4) is 0 Å². The molecule has 4 nitrogen and oxygen atoms in total. The Balaban J connectivity index is 0.00000338. The minimum absolute atomic E-state index is 0. The van der Waals surface area contributed by atoms with Gasteiger partial charge in [-0.3, -0.25) is 9.79 Å². The summed E-state index contributed by atoms with van der Waals surface area (Å²) in [6.45, 7) is 4.39. The van der Waals surface area contributed by atoms with Gasteiger partial charge in [0.25, 0.3) is 0 Å². The molecule has 26 heavy (non-hydrogen) atoms. The van der Waals surface area contributed by atoms with Crippen LogP contribution in [0.4, 0.5) is 0 Å². The van der Waals surface area contributed by atoms with E-state index in [9.17, 15) is 4.57 Å². The quantitative estimate of drug-likeness (QED) is 0.477. The van der Waals surface area contributed by atoms with Gasteiger partial charge in [0.1, 0.15) is 5.75 Å². The van der Waals surface area contributed by atoms with E-state index in [-0.39, 0.29) is 35.3 Å². The van der Waals surface area contributed by atoms with Crippen LogP contribution < -0.4 is 4.52 Å². The van der Waals surface area contributed by atoms with Gasteiger partial charge in [0.05, 0.1) is 0 Å². The molecule has 0 saturated heterocycles. The average Bonchev–Trinajstić information content (AvgIpc) is 2.57. The monoisotopic (exact) mass is 386 g/mol. The molecule has 2 N–H and O–H groups in total. The summed E-state index contributed by atoms with van der Waals surface area (Å²) < 4.78 is 15.5. The summed E-state index contributed by atoms with van der Waals surface area (Å²) in [5, 5.41) is 0. The molecular weight excluding hydrogens is 358 g/mol. The fourth-order valence-electron chi connectivity index (χ4n) is 2.87. The fraction of sp³-hybridized carbons (Fsp3) is 0.400. The van der Waals surface area contributed by atoms with Gasteiger partial charge in [-0.1, -0.05) is 57.0 Å². The van der Waals surface area contributed by atoms with Crippen LogP contribution in [0.1, 0.15) is 50.7 Å². The number of benzene rings is 2. The number of phosphoric acid groups is 1. The summed E-state index contributed by atoms with van der Waals surface area (Å²) in [4.78, 5) is 17.8. The van der Waals surface area contributed by atoms with E-state index in [0.717, 1.165) is 31.2 Å². The molecule has 0 aromatic heterocycles. The Kier molecular flexibility index (Phi) is 10.2. The SMILES string of the molecule is CCCCc1ccc(-c2ccc(OP(=O)(O)O)cc2)c(CCCC)c1.[NaH]. The van der Waals surface area contributed by atoms with Crippen LogP contribution >= 0.6 is 7.82 Å². The Labute approximate surface area is 178 Å². The Morgan fingerprint density at radius 2 is 1.54 bits per heavy atom. The van der Waals surface area contributed by atoms with E-state index >= 15 is 0 Å². The van der Waals surface area contributed by atoms with Crippen LogP contribution in [0.15, 0.2) is 42.5 Å². The molecule has 2 aromatic carbocycles. The molecule has 0 heterocycles. The van der Waals surface area contributed by atoms with Crippen molar-refractivity contribution in [1.82, 2.24) is 0 Å². The Bertz CT molecular complexity index is 725. The summed E-state index contributed by atoms with van der Waals surface area (Å²) in [5.41, 5.74) is 4.92. The third kappa shape index (κ3) is 7.56. The van der Waals surface area contributed by atoms with Gasteiger partial charge < -0.3 is 4.52 Å². The first kappa shape index (κ1) is 23.4. The topological polar surface area (TPSA) is 66.8 Å². The van der Waals surface area contributed by atoms with Gasteiger partial charge >= 0.3 is 37.4 Å². The van der Waals surface area contributed by atoms with Crippen molar-refractivity contribution in [2.75, 3.05) is 0 Å². The predicted molar refractivity (Wildman–Crippen MR) is 109 cm³/mol. The third-order valence-corrected chi connectivity index (χ3v) is 4.63. The first-order valence-corrected chi connectivity index (χ1v) is 10.4. The van der Waals surface area contributed by atoms with Gasteiger partial charge in [0.2, 0.25) is 0 Å². The average molecular weight is 386 g/mol. The molecule has 0 spiro atoms. The molecule has 0 aliphatic heterocycles. The van der Waals surface area contributed by atoms with Crippen molar-refractivity contribution in [2.45, 2.75) is 52.4 Å². The molecule has 0 amide bonds. The molecule has 0 bridgehead atoms. The molecule has 138 valence electrons. The van der Waals surface area contributed by atoms with Crippen molar-refractivity contribution in [1.29, 1.82) is 0 Å². The Morgan fingerprint density at radius 1 is 0.923 bits per heavy atom. The molecule has 2 aromatic rings. The van der Waals surface area contributed by atoms with Crippen molar-refractivity contribution in [2.24, 2.45) is 0 Å². The zero-order valence-corrected chi connectivity index (χ0v) is 15.8. The van der Waals surface area contributed by atoms with Crippen LogP contribution in [-0.4, -0.2) is 39.3 Å². The zero-order chi connectivity index (χ0) is 18.3. The molecule has 0 unspecified atom stereocenters. The van der Waals surface area contributed by atoms with Crippen molar-refractivity contribution in [3.63, 3.8) is 0 Å². The summed E-state index contributed by atoms with van der Waals surface area (Å²) in [5.74, 6) is 0.173. The van der Waals surface area contributed by atoms with Crippen LogP contribution in [0.25, 0.3) is 11.1 Å². The first-order chi connectivity index (χ1) is 11.9. The molecule has 0 saturated carbocycles. The summed E-state index contributed by atoms with van der Waals surface area (Å²) in [6, 6.07) is 13.5. The van der Waals surface area contributed by atoms with Gasteiger partial charge in [0, 0.05) is 0 Å². The van der Waals surface area contributed by atoms with Gasteiger partial charge in [-0.2, -0.15) is 0 Å². The fourth-order valence-corrected chi connectivity index (χ4v) is 3.27. The first-order valence-electron chi connectivity index (χ1n) is 8.90. The van der Waals surface area contributed by atoms with Crippen LogP contribution in [-0.2, 0) is 17.4 Å². The molecule has 0 aliphatic rings. The molecule has 0 atom stereocenters. The number of phosphoric ester groups is 1. The molecule has 0 fully saturated rings. The van der Waals surface area contributed by atoms with E-state index in [2.05, 4.69) is 36.6 Å². The maximum atomic E-state index is 10.9. The van der Waals surface area contributed by atoms with Crippen molar-refractivity contribution in [3.8, 4) is 16.9 Å². The third-order valence-electron chi connectivity index (χ3n) is 4.18. The normalized spacial score (nSPS) is 11.1. The van der Waals surface area contributed by atoms with Crippen LogP contribution in [0.2, 0.25) is 0 Å². The van der Waals surface area contributed by atoms with Crippen molar-refractivity contribution >= 4 is 37.4 Å². The summed E-state index contributed by atoms with van der Waals surface area (Å²) in [7, 11) is -4.52. The minimum atomic E-state index is -4.52. The Hall–Kier alpha value is -0.610. The molecule has 0 aliphatic carbocycles. The number of rotatable bonds is 9. The molecule has 6 heteroatoms. The van der Waals surface area contributed by atoms with Crippen LogP contribution in [0, 0.1) is 0 Å². The predicted octanol–water partition coefficient (Wildman–Crippen LogP) is 4.86. The summed E-state index contributed by atoms with van der Waals surface area (Å²) >= 11 is 0. The van der Waals surface area contributed by atoms with Crippen molar-refractivity contribution in [3.05, 3.63) is 53.6 Å². The van der Waals surface area contributed by atoms with E-state index < -0.39 is 7.82 Å². The van der Waals surface area contributed by atoms with Crippen LogP contribution in [0.5, 0.6) is 5.75 Å². The second kappa shape index (κ2) is 11.3. The van der Waals surface area contributed by atoms with Gasteiger partial charge in [-0.05, 0) is 60.1 Å². The van der Waals surface area contributed by atoms with E-state index in [0.29, 0.717) is 0 Å². The van der Waals surface area contributed by atoms with E-state index in [1.807, 2.05) is 12.1 Å².